The van der Waals surface area contributed by atoms with Crippen molar-refractivity contribution in [2.24, 2.45) is 0 Å². The van der Waals surface area contributed by atoms with Gasteiger partial charge in [-0.2, -0.15) is 0 Å². The van der Waals surface area contributed by atoms with Crippen molar-refractivity contribution in [2.45, 2.75) is 52.1 Å². The second-order valence-electron chi connectivity index (χ2n) is 8.32. The minimum atomic E-state index is 0.0616. The average Bonchev–Trinajstić information content (AvgIpc) is 3.43. The Balaban J connectivity index is 1.31. The van der Waals surface area contributed by atoms with E-state index in [9.17, 15) is 4.79 Å². The quantitative estimate of drug-likeness (QED) is 0.556. The summed E-state index contributed by atoms with van der Waals surface area (Å²) < 4.78 is 7.88. The van der Waals surface area contributed by atoms with Crippen LogP contribution in [0.4, 0.5) is 0 Å². The SMILES string of the molecule is Cc1ccc(OCC(=O)N2CCCC2CCc2nncn2Cc2ccccc2)cc1C. The molecule has 2 heterocycles. The maximum Gasteiger partial charge on any atom is 0.260 e. The van der Waals surface area contributed by atoms with Crippen LogP contribution in [0.25, 0.3) is 0 Å². The van der Waals surface area contributed by atoms with Crippen molar-refractivity contribution in [3.63, 3.8) is 0 Å². The Morgan fingerprint density at radius 1 is 1.13 bits per heavy atom. The van der Waals surface area contributed by atoms with Crippen molar-refractivity contribution >= 4 is 5.91 Å². The summed E-state index contributed by atoms with van der Waals surface area (Å²) in [7, 11) is 0. The number of ether oxygens (including phenoxy) is 1. The molecule has 1 atom stereocenters. The fraction of sp³-hybridized carbons (Fsp3) is 0.400. The third kappa shape index (κ3) is 5.32. The second kappa shape index (κ2) is 9.77. The molecule has 1 unspecified atom stereocenters. The predicted molar refractivity (Wildman–Crippen MR) is 120 cm³/mol. The van der Waals surface area contributed by atoms with Crippen molar-refractivity contribution in [1.29, 1.82) is 0 Å². The Labute approximate surface area is 183 Å². The van der Waals surface area contributed by atoms with E-state index in [2.05, 4.69) is 40.7 Å². The summed E-state index contributed by atoms with van der Waals surface area (Å²) in [6, 6.07) is 16.5. The van der Waals surface area contributed by atoms with Gasteiger partial charge in [-0.1, -0.05) is 36.4 Å². The fourth-order valence-electron chi connectivity index (χ4n) is 4.18. The van der Waals surface area contributed by atoms with Crippen molar-refractivity contribution < 1.29 is 9.53 Å². The molecule has 1 aliphatic rings. The van der Waals surface area contributed by atoms with Crippen LogP contribution in [0.1, 0.15) is 41.8 Å². The van der Waals surface area contributed by atoms with Gasteiger partial charge in [0, 0.05) is 19.0 Å². The third-order valence-corrected chi connectivity index (χ3v) is 6.13. The van der Waals surface area contributed by atoms with Gasteiger partial charge in [0.1, 0.15) is 17.9 Å². The monoisotopic (exact) mass is 418 g/mol. The third-order valence-electron chi connectivity index (χ3n) is 6.13. The molecule has 1 aliphatic heterocycles. The lowest BCUT2D eigenvalue weighted by Gasteiger charge is -2.25. The molecule has 1 aromatic heterocycles. The lowest BCUT2D eigenvalue weighted by atomic mass is 10.1. The van der Waals surface area contributed by atoms with Crippen LogP contribution in [0.2, 0.25) is 0 Å². The Kier molecular flexibility index (Phi) is 6.65. The molecule has 0 bridgehead atoms. The number of hydrogen-bond donors (Lipinski definition) is 0. The molecule has 1 saturated heterocycles. The fourth-order valence-corrected chi connectivity index (χ4v) is 4.18. The first kappa shape index (κ1) is 21.1. The number of amides is 1. The minimum absolute atomic E-state index is 0.0616. The molecular weight excluding hydrogens is 388 g/mol. The molecule has 0 radical (unpaired) electrons. The smallest absolute Gasteiger partial charge is 0.260 e. The van der Waals surface area contributed by atoms with E-state index in [0.717, 1.165) is 50.3 Å². The normalized spacial score (nSPS) is 15.9. The van der Waals surface area contributed by atoms with Gasteiger partial charge in [0.05, 0.1) is 6.54 Å². The molecule has 2 aromatic carbocycles. The van der Waals surface area contributed by atoms with E-state index in [0.29, 0.717) is 0 Å². The largest absolute Gasteiger partial charge is 0.484 e. The van der Waals surface area contributed by atoms with E-state index in [-0.39, 0.29) is 18.6 Å². The first-order valence-electron chi connectivity index (χ1n) is 11.0. The van der Waals surface area contributed by atoms with Crippen LogP contribution in [0, 0.1) is 13.8 Å². The van der Waals surface area contributed by atoms with Crippen LogP contribution in [0.15, 0.2) is 54.9 Å². The molecule has 3 aromatic rings. The molecule has 0 aliphatic carbocycles. The van der Waals surface area contributed by atoms with Crippen LogP contribution >= 0.6 is 0 Å². The Morgan fingerprint density at radius 2 is 1.97 bits per heavy atom. The van der Waals surface area contributed by atoms with E-state index in [1.54, 1.807) is 6.33 Å². The van der Waals surface area contributed by atoms with Gasteiger partial charge in [0.25, 0.3) is 5.91 Å². The zero-order valence-corrected chi connectivity index (χ0v) is 18.3. The standard InChI is InChI=1S/C25H30N4O2/c1-19-10-12-23(15-20(19)2)31-17-25(30)29-14-6-9-22(29)11-13-24-27-26-18-28(24)16-21-7-4-3-5-8-21/h3-5,7-8,10,12,15,18,22H,6,9,11,13-14,16-17H2,1-2H3. The first-order chi connectivity index (χ1) is 15.1. The van der Waals surface area contributed by atoms with Crippen molar-refractivity contribution in [3.05, 3.63) is 77.4 Å². The lowest BCUT2D eigenvalue weighted by molar-refractivity contribution is -0.134. The van der Waals surface area contributed by atoms with Crippen molar-refractivity contribution in [2.75, 3.05) is 13.2 Å². The molecule has 0 spiro atoms. The van der Waals surface area contributed by atoms with Gasteiger partial charge in [-0.25, -0.2) is 0 Å². The highest BCUT2D eigenvalue weighted by molar-refractivity contribution is 5.78. The number of rotatable bonds is 8. The van der Waals surface area contributed by atoms with Crippen molar-refractivity contribution in [1.82, 2.24) is 19.7 Å². The van der Waals surface area contributed by atoms with Gasteiger partial charge in [-0.05, 0) is 61.9 Å². The number of nitrogens with zero attached hydrogens (tertiary/aromatic N) is 4. The van der Waals surface area contributed by atoms with Gasteiger partial charge in [-0.3, -0.25) is 4.79 Å². The number of aryl methyl sites for hydroxylation is 3. The Hall–Kier alpha value is -3.15. The molecule has 6 heteroatoms. The Morgan fingerprint density at radius 3 is 2.77 bits per heavy atom. The van der Waals surface area contributed by atoms with E-state index in [4.69, 9.17) is 4.74 Å². The second-order valence-corrected chi connectivity index (χ2v) is 8.32. The van der Waals surface area contributed by atoms with Crippen LogP contribution in [0.5, 0.6) is 5.75 Å². The number of aromatic nitrogens is 3. The molecule has 6 nitrogen and oxygen atoms in total. The number of hydrogen-bond acceptors (Lipinski definition) is 4. The van der Waals surface area contributed by atoms with Gasteiger partial charge in [-0.15, -0.1) is 10.2 Å². The molecule has 0 N–H and O–H groups in total. The molecule has 31 heavy (non-hydrogen) atoms. The summed E-state index contributed by atoms with van der Waals surface area (Å²) in [6.07, 6.45) is 5.55. The lowest BCUT2D eigenvalue weighted by Crippen LogP contribution is -2.39. The molecule has 4 rings (SSSR count). The maximum atomic E-state index is 12.8. The Bertz CT molecular complexity index is 1020. The number of carbonyl (C=O) groups is 1. The van der Waals surface area contributed by atoms with E-state index in [1.165, 1.54) is 16.7 Å². The predicted octanol–water partition coefficient (Wildman–Crippen LogP) is 3.95. The number of likely N-dealkylation sites (tertiary alicyclic amines) is 1. The summed E-state index contributed by atoms with van der Waals surface area (Å²) in [6.45, 7) is 5.77. The molecular formula is C25H30N4O2. The van der Waals surface area contributed by atoms with Crippen molar-refractivity contribution in [3.8, 4) is 5.75 Å². The van der Waals surface area contributed by atoms with Crippen LogP contribution < -0.4 is 4.74 Å². The average molecular weight is 419 g/mol. The highest BCUT2D eigenvalue weighted by atomic mass is 16.5. The topological polar surface area (TPSA) is 60.2 Å². The molecule has 1 fully saturated rings. The summed E-state index contributed by atoms with van der Waals surface area (Å²) in [4.78, 5) is 14.8. The maximum absolute atomic E-state index is 12.8. The summed E-state index contributed by atoms with van der Waals surface area (Å²) >= 11 is 0. The minimum Gasteiger partial charge on any atom is -0.484 e. The van der Waals surface area contributed by atoms with Gasteiger partial charge in [0.2, 0.25) is 0 Å². The number of benzene rings is 2. The molecule has 162 valence electrons. The van der Waals surface area contributed by atoms with Crippen LogP contribution in [-0.2, 0) is 17.8 Å². The van der Waals surface area contributed by atoms with Crippen LogP contribution in [-0.4, -0.2) is 44.8 Å². The highest BCUT2D eigenvalue weighted by Crippen LogP contribution is 2.23. The molecule has 0 saturated carbocycles. The summed E-state index contributed by atoms with van der Waals surface area (Å²) in [5.41, 5.74) is 3.62. The van der Waals surface area contributed by atoms with E-state index >= 15 is 0 Å². The van der Waals surface area contributed by atoms with E-state index in [1.807, 2.05) is 41.3 Å². The first-order valence-corrected chi connectivity index (χ1v) is 11.0. The number of carbonyl (C=O) groups excluding carboxylic acids is 1. The summed E-state index contributed by atoms with van der Waals surface area (Å²) in [5, 5.41) is 8.43. The summed E-state index contributed by atoms with van der Waals surface area (Å²) in [5.74, 6) is 1.78. The van der Waals surface area contributed by atoms with E-state index < -0.39 is 0 Å². The zero-order valence-electron chi connectivity index (χ0n) is 18.3. The van der Waals surface area contributed by atoms with Crippen LogP contribution in [0.3, 0.4) is 0 Å². The highest BCUT2D eigenvalue weighted by Gasteiger charge is 2.29. The van der Waals surface area contributed by atoms with Gasteiger partial charge in [0.15, 0.2) is 6.61 Å². The molecule has 1 amide bonds. The van der Waals surface area contributed by atoms with Gasteiger partial charge < -0.3 is 14.2 Å². The zero-order chi connectivity index (χ0) is 21.6. The van der Waals surface area contributed by atoms with Gasteiger partial charge >= 0.3 is 0 Å².